The van der Waals surface area contributed by atoms with Gasteiger partial charge in [0.15, 0.2) is 0 Å². The van der Waals surface area contributed by atoms with Gasteiger partial charge in [0.25, 0.3) is 0 Å². The molecule has 0 aromatic rings. The third-order valence-corrected chi connectivity index (χ3v) is 7.70. The van der Waals surface area contributed by atoms with E-state index in [9.17, 15) is 8.42 Å². The van der Waals surface area contributed by atoms with Gasteiger partial charge >= 0.3 is 10.4 Å². The third kappa shape index (κ3) is 31.9. The van der Waals surface area contributed by atoms with E-state index in [-0.39, 0.29) is 13.2 Å². The summed E-state index contributed by atoms with van der Waals surface area (Å²) in [6.07, 6.45) is 24.4. The van der Waals surface area contributed by atoms with Gasteiger partial charge in [-0.15, -0.1) is 0 Å². The molecule has 0 atom stereocenters. The van der Waals surface area contributed by atoms with E-state index in [1.54, 1.807) is 0 Å². The van der Waals surface area contributed by atoms with Crippen LogP contribution in [0.2, 0.25) is 0 Å². The summed E-state index contributed by atoms with van der Waals surface area (Å²) in [5, 5.41) is 0. The summed E-state index contributed by atoms with van der Waals surface area (Å²) in [5.41, 5.74) is 0. The molecule has 0 spiro atoms. The van der Waals surface area contributed by atoms with Gasteiger partial charge in [-0.3, -0.25) is 0 Å². The first-order valence-corrected chi connectivity index (χ1v) is 17.1. The molecule has 0 rings (SSSR count). The molecule has 0 fully saturated rings. The highest BCUT2D eigenvalue weighted by molar-refractivity contribution is 7.81. The van der Waals surface area contributed by atoms with Crippen LogP contribution in [0.15, 0.2) is 0 Å². The Morgan fingerprint density at radius 2 is 0.667 bits per heavy atom. The molecule has 0 unspecified atom stereocenters. The van der Waals surface area contributed by atoms with E-state index in [1.807, 2.05) is 0 Å². The van der Waals surface area contributed by atoms with E-state index in [0.717, 1.165) is 38.5 Å². The normalized spacial score (nSPS) is 11.6. The number of hydrogen-bond donors (Lipinski definition) is 0. The Bertz CT molecular complexity index is 458. The highest BCUT2D eigenvalue weighted by atomic mass is 32.3. The minimum atomic E-state index is -3.80. The van der Waals surface area contributed by atoms with Crippen molar-refractivity contribution in [3.63, 3.8) is 0 Å². The van der Waals surface area contributed by atoms with Gasteiger partial charge in [-0.25, -0.2) is 8.37 Å². The van der Waals surface area contributed by atoms with Gasteiger partial charge in [0, 0.05) is 0 Å². The van der Waals surface area contributed by atoms with Crippen molar-refractivity contribution in [3.05, 3.63) is 0 Å². The molecular formula is C30H65NO4S. The maximum atomic E-state index is 11.7. The summed E-state index contributed by atoms with van der Waals surface area (Å²) in [6.45, 7) is 15.1. The lowest BCUT2D eigenvalue weighted by molar-refractivity contribution is 0.208. The molecule has 0 saturated heterocycles. The fourth-order valence-electron chi connectivity index (χ4n) is 4.21. The predicted molar refractivity (Wildman–Crippen MR) is 158 cm³/mol. The van der Waals surface area contributed by atoms with Crippen molar-refractivity contribution in [3.8, 4) is 0 Å². The van der Waals surface area contributed by atoms with Crippen molar-refractivity contribution in [1.82, 2.24) is 4.90 Å². The number of unbranched alkanes of at least 4 members (excludes halogenated alkanes) is 18. The highest BCUT2D eigenvalue weighted by Crippen LogP contribution is 2.12. The maximum absolute atomic E-state index is 11.7. The Balaban J connectivity index is 0. The van der Waals surface area contributed by atoms with E-state index in [2.05, 4.69) is 39.5 Å². The van der Waals surface area contributed by atoms with Gasteiger partial charge in [-0.2, -0.15) is 8.42 Å². The Morgan fingerprint density at radius 1 is 0.417 bits per heavy atom. The van der Waals surface area contributed by atoms with Crippen molar-refractivity contribution in [2.75, 3.05) is 32.8 Å². The average Bonchev–Trinajstić information content (AvgIpc) is 2.87. The Hall–Kier alpha value is -0.170. The first kappa shape index (κ1) is 38.0. The topological polar surface area (TPSA) is 55.8 Å². The van der Waals surface area contributed by atoms with Crippen LogP contribution < -0.4 is 0 Å². The van der Waals surface area contributed by atoms with Crippen LogP contribution in [-0.4, -0.2) is 46.2 Å². The molecule has 0 aromatic carbocycles. The smallest absolute Gasteiger partial charge is 0.304 e. The Kier molecular flexibility index (Phi) is 32.8. The highest BCUT2D eigenvalue weighted by Gasteiger charge is 2.11. The van der Waals surface area contributed by atoms with Crippen LogP contribution in [-0.2, 0) is 18.8 Å². The summed E-state index contributed by atoms with van der Waals surface area (Å²) in [6, 6.07) is 0. The van der Waals surface area contributed by atoms with Crippen LogP contribution in [0.5, 0.6) is 0 Å². The molecule has 0 amide bonds. The van der Waals surface area contributed by atoms with Gasteiger partial charge in [0.05, 0.1) is 13.2 Å². The van der Waals surface area contributed by atoms with E-state index >= 15 is 0 Å². The van der Waals surface area contributed by atoms with Crippen LogP contribution in [0.4, 0.5) is 0 Å². The largest absolute Gasteiger partial charge is 0.399 e. The van der Waals surface area contributed by atoms with Gasteiger partial charge in [-0.1, -0.05) is 150 Å². The summed E-state index contributed by atoms with van der Waals surface area (Å²) >= 11 is 0. The SMILES string of the molecule is CCCCCCCCCCCCOS(=O)(=O)OCCCCCCCCCCCC.CCN(CC)CC. The monoisotopic (exact) mass is 535 g/mol. The second kappa shape index (κ2) is 31.1. The Morgan fingerprint density at radius 3 is 0.889 bits per heavy atom. The zero-order valence-electron chi connectivity index (χ0n) is 25.2. The van der Waals surface area contributed by atoms with Gasteiger partial charge in [0.1, 0.15) is 0 Å². The molecule has 0 N–H and O–H groups in total. The number of hydrogen-bond acceptors (Lipinski definition) is 5. The second-order valence-electron chi connectivity index (χ2n) is 10.0. The van der Waals surface area contributed by atoms with Crippen LogP contribution in [0.1, 0.15) is 163 Å². The first-order valence-electron chi connectivity index (χ1n) is 15.7. The zero-order chi connectivity index (χ0) is 27.2. The first-order chi connectivity index (χ1) is 17.5. The van der Waals surface area contributed by atoms with Gasteiger partial charge in [-0.05, 0) is 32.5 Å². The molecule has 6 heteroatoms. The molecule has 0 aromatic heterocycles. The van der Waals surface area contributed by atoms with Gasteiger partial charge < -0.3 is 4.90 Å². The van der Waals surface area contributed by atoms with E-state index < -0.39 is 10.4 Å². The van der Waals surface area contributed by atoms with Crippen molar-refractivity contribution < 1.29 is 16.8 Å². The van der Waals surface area contributed by atoms with Crippen LogP contribution in [0.25, 0.3) is 0 Å². The second-order valence-corrected chi connectivity index (χ2v) is 11.3. The summed E-state index contributed by atoms with van der Waals surface area (Å²) in [4.78, 5) is 2.38. The summed E-state index contributed by atoms with van der Waals surface area (Å²) in [7, 11) is -3.80. The molecule has 0 aliphatic rings. The van der Waals surface area contributed by atoms with E-state index in [1.165, 1.54) is 110 Å². The predicted octanol–water partition coefficient (Wildman–Crippen LogP) is 9.45. The van der Waals surface area contributed by atoms with Crippen LogP contribution >= 0.6 is 0 Å². The van der Waals surface area contributed by atoms with Crippen molar-refractivity contribution in [2.24, 2.45) is 0 Å². The molecule has 0 radical (unpaired) electrons. The van der Waals surface area contributed by atoms with E-state index in [0.29, 0.717) is 0 Å². The Labute approximate surface area is 227 Å². The van der Waals surface area contributed by atoms with Crippen molar-refractivity contribution >= 4 is 10.4 Å². The van der Waals surface area contributed by atoms with Crippen LogP contribution in [0.3, 0.4) is 0 Å². The van der Waals surface area contributed by atoms with Crippen LogP contribution in [0, 0.1) is 0 Å². The third-order valence-electron chi connectivity index (χ3n) is 6.79. The quantitative estimate of drug-likeness (QED) is 0.0980. The number of rotatable bonds is 27. The summed E-state index contributed by atoms with van der Waals surface area (Å²) in [5.74, 6) is 0. The molecular weight excluding hydrogens is 470 g/mol. The number of nitrogens with zero attached hydrogens (tertiary/aromatic N) is 1. The standard InChI is InChI=1S/C24H50O4S.C6H15N/c1-3-5-7-9-11-13-15-17-19-21-23-27-29(25,26)28-24-22-20-18-16-14-12-10-8-6-4-2;1-4-7(5-2)6-3/h3-24H2,1-2H3;4-6H2,1-3H3. The molecule has 0 heterocycles. The molecule has 0 bridgehead atoms. The summed E-state index contributed by atoms with van der Waals surface area (Å²) < 4.78 is 33.3. The molecule has 0 aliphatic carbocycles. The minimum absolute atomic E-state index is 0.247. The minimum Gasteiger partial charge on any atom is -0.304 e. The molecule has 0 aliphatic heterocycles. The fourth-order valence-corrected chi connectivity index (χ4v) is 4.92. The lowest BCUT2D eigenvalue weighted by atomic mass is 10.1. The zero-order valence-corrected chi connectivity index (χ0v) is 26.0. The molecule has 36 heavy (non-hydrogen) atoms. The lowest BCUT2D eigenvalue weighted by Crippen LogP contribution is -2.21. The van der Waals surface area contributed by atoms with E-state index in [4.69, 9.17) is 8.37 Å². The molecule has 0 saturated carbocycles. The maximum Gasteiger partial charge on any atom is 0.399 e. The molecule has 5 nitrogen and oxygen atoms in total. The van der Waals surface area contributed by atoms with Crippen molar-refractivity contribution in [1.29, 1.82) is 0 Å². The molecule has 220 valence electrons. The lowest BCUT2D eigenvalue weighted by Gasteiger charge is -2.13. The van der Waals surface area contributed by atoms with Gasteiger partial charge in [0.2, 0.25) is 0 Å². The fraction of sp³-hybridized carbons (Fsp3) is 1.00. The van der Waals surface area contributed by atoms with Crippen molar-refractivity contribution in [2.45, 2.75) is 163 Å². The average molecular weight is 536 g/mol.